The van der Waals surface area contributed by atoms with E-state index in [1.54, 1.807) is 12.0 Å². The molecule has 1 aliphatic rings. The second kappa shape index (κ2) is 7.79. The van der Waals surface area contributed by atoms with E-state index >= 15 is 0 Å². The van der Waals surface area contributed by atoms with Crippen molar-refractivity contribution in [1.29, 1.82) is 0 Å². The van der Waals surface area contributed by atoms with E-state index in [1.807, 2.05) is 24.3 Å². The van der Waals surface area contributed by atoms with E-state index in [2.05, 4.69) is 4.72 Å². The maximum absolute atomic E-state index is 12.3. The zero-order valence-electron chi connectivity index (χ0n) is 13.6. The summed E-state index contributed by atoms with van der Waals surface area (Å²) in [7, 11) is -1.61. The number of sulfonamides is 1. The molecule has 1 atom stereocenters. The summed E-state index contributed by atoms with van der Waals surface area (Å²) in [4.78, 5) is 14.1. The van der Waals surface area contributed by atoms with Gasteiger partial charge in [0, 0.05) is 25.6 Å². The van der Waals surface area contributed by atoms with Crippen LogP contribution in [0.5, 0.6) is 5.75 Å². The first kappa shape index (κ1) is 17.7. The topological polar surface area (TPSA) is 75.7 Å². The van der Waals surface area contributed by atoms with Gasteiger partial charge in [0.2, 0.25) is 15.9 Å². The van der Waals surface area contributed by atoms with Crippen molar-refractivity contribution in [2.75, 3.05) is 26.5 Å². The van der Waals surface area contributed by atoms with E-state index in [0.29, 0.717) is 25.9 Å². The van der Waals surface area contributed by atoms with Gasteiger partial charge in [0.05, 0.1) is 13.4 Å². The molecule has 128 valence electrons. The number of aryl methyl sites for hydroxylation is 1. The van der Waals surface area contributed by atoms with Crippen LogP contribution in [0, 0.1) is 0 Å². The SMILES string of the molecule is COc1ccc(CCC(=O)N2CCC[C@@H](NS(C)(=O)=O)C2)cc1. The average Bonchev–Trinajstić information content (AvgIpc) is 2.51. The number of nitrogens with one attached hydrogen (secondary N) is 1. The summed E-state index contributed by atoms with van der Waals surface area (Å²) < 4.78 is 30.3. The number of carbonyl (C=O) groups is 1. The lowest BCUT2D eigenvalue weighted by Gasteiger charge is -2.32. The largest absolute Gasteiger partial charge is 0.497 e. The normalized spacial score (nSPS) is 18.7. The van der Waals surface area contributed by atoms with Gasteiger partial charge in [-0.25, -0.2) is 13.1 Å². The Labute approximate surface area is 137 Å². The number of nitrogens with zero attached hydrogens (tertiary/aromatic N) is 1. The Kier molecular flexibility index (Phi) is 6.01. The fourth-order valence-corrected chi connectivity index (χ4v) is 3.60. The van der Waals surface area contributed by atoms with Gasteiger partial charge in [0.15, 0.2) is 0 Å². The zero-order valence-corrected chi connectivity index (χ0v) is 14.4. The predicted molar refractivity (Wildman–Crippen MR) is 88.9 cm³/mol. The van der Waals surface area contributed by atoms with Crippen LogP contribution in [0.15, 0.2) is 24.3 Å². The van der Waals surface area contributed by atoms with Crippen molar-refractivity contribution in [1.82, 2.24) is 9.62 Å². The number of hydrogen-bond acceptors (Lipinski definition) is 4. The first-order chi connectivity index (χ1) is 10.9. The molecule has 2 rings (SSSR count). The Hall–Kier alpha value is -1.60. The summed E-state index contributed by atoms with van der Waals surface area (Å²) in [6.45, 7) is 1.15. The molecule has 23 heavy (non-hydrogen) atoms. The van der Waals surface area contributed by atoms with Gasteiger partial charge >= 0.3 is 0 Å². The summed E-state index contributed by atoms with van der Waals surface area (Å²) in [5.41, 5.74) is 1.09. The summed E-state index contributed by atoms with van der Waals surface area (Å²) in [5.74, 6) is 0.867. The molecule has 1 aliphatic heterocycles. The van der Waals surface area contributed by atoms with Crippen molar-refractivity contribution in [3.8, 4) is 5.75 Å². The monoisotopic (exact) mass is 340 g/mol. The molecule has 1 heterocycles. The number of piperidine rings is 1. The molecule has 1 aromatic carbocycles. The van der Waals surface area contributed by atoms with Gasteiger partial charge in [0.25, 0.3) is 0 Å². The molecular weight excluding hydrogens is 316 g/mol. The van der Waals surface area contributed by atoms with Crippen LogP contribution in [0.3, 0.4) is 0 Å². The van der Waals surface area contributed by atoms with Crippen LogP contribution >= 0.6 is 0 Å². The Bertz CT molecular complexity index is 628. The van der Waals surface area contributed by atoms with E-state index < -0.39 is 10.0 Å². The van der Waals surface area contributed by atoms with Gasteiger partial charge in [-0.1, -0.05) is 12.1 Å². The van der Waals surface area contributed by atoms with Crippen molar-refractivity contribution in [2.24, 2.45) is 0 Å². The molecule has 1 saturated heterocycles. The van der Waals surface area contributed by atoms with Crippen LogP contribution in [0.2, 0.25) is 0 Å². The van der Waals surface area contributed by atoms with Crippen molar-refractivity contribution in [2.45, 2.75) is 31.7 Å². The number of ether oxygens (including phenoxy) is 1. The highest BCUT2D eigenvalue weighted by molar-refractivity contribution is 7.88. The molecular formula is C16H24N2O4S. The van der Waals surface area contributed by atoms with Crippen molar-refractivity contribution in [3.05, 3.63) is 29.8 Å². The van der Waals surface area contributed by atoms with Crippen molar-refractivity contribution in [3.63, 3.8) is 0 Å². The third-order valence-corrected chi connectivity index (χ3v) is 4.70. The number of likely N-dealkylation sites (tertiary alicyclic amines) is 1. The number of amides is 1. The first-order valence-corrected chi connectivity index (χ1v) is 9.64. The maximum Gasteiger partial charge on any atom is 0.222 e. The predicted octanol–water partition coefficient (Wildman–Crippen LogP) is 1.17. The molecule has 0 aromatic heterocycles. The molecule has 6 nitrogen and oxygen atoms in total. The number of benzene rings is 1. The second-order valence-corrected chi connectivity index (χ2v) is 7.70. The summed E-state index contributed by atoms with van der Waals surface area (Å²) >= 11 is 0. The molecule has 0 bridgehead atoms. The number of hydrogen-bond donors (Lipinski definition) is 1. The fourth-order valence-electron chi connectivity index (χ4n) is 2.80. The van der Waals surface area contributed by atoms with Gasteiger partial charge in [-0.2, -0.15) is 0 Å². The minimum atomic E-state index is -3.23. The van der Waals surface area contributed by atoms with Crippen LogP contribution < -0.4 is 9.46 Å². The Morgan fingerprint density at radius 3 is 2.65 bits per heavy atom. The van der Waals surface area contributed by atoms with E-state index in [9.17, 15) is 13.2 Å². The molecule has 1 amide bonds. The maximum atomic E-state index is 12.3. The number of rotatable bonds is 6. The van der Waals surface area contributed by atoms with Gasteiger partial charge < -0.3 is 9.64 Å². The van der Waals surface area contributed by atoms with Gasteiger partial charge in [-0.05, 0) is 37.0 Å². The van der Waals surface area contributed by atoms with Crippen molar-refractivity contribution < 1.29 is 17.9 Å². The van der Waals surface area contributed by atoms with Crippen LogP contribution in [0.1, 0.15) is 24.8 Å². The molecule has 0 radical (unpaired) electrons. The van der Waals surface area contributed by atoms with Gasteiger partial charge in [-0.3, -0.25) is 4.79 Å². The van der Waals surface area contributed by atoms with Gasteiger partial charge in [-0.15, -0.1) is 0 Å². The van der Waals surface area contributed by atoms with E-state index in [4.69, 9.17) is 4.74 Å². The lowest BCUT2D eigenvalue weighted by atomic mass is 10.0. The molecule has 1 aromatic rings. The van der Waals surface area contributed by atoms with Crippen LogP contribution in [0.4, 0.5) is 0 Å². The highest BCUT2D eigenvalue weighted by Gasteiger charge is 2.25. The average molecular weight is 340 g/mol. The smallest absolute Gasteiger partial charge is 0.222 e. The fraction of sp³-hybridized carbons (Fsp3) is 0.562. The zero-order chi connectivity index (χ0) is 16.9. The van der Waals surface area contributed by atoms with Gasteiger partial charge in [0.1, 0.15) is 5.75 Å². The minimum Gasteiger partial charge on any atom is -0.497 e. The summed E-state index contributed by atoms with van der Waals surface area (Å²) in [5, 5.41) is 0. The summed E-state index contributed by atoms with van der Waals surface area (Å²) in [6, 6.07) is 7.50. The third kappa shape index (κ3) is 5.84. The molecule has 0 unspecified atom stereocenters. The van der Waals surface area contributed by atoms with E-state index in [-0.39, 0.29) is 11.9 Å². The molecule has 0 spiro atoms. The number of methoxy groups -OCH3 is 1. The quantitative estimate of drug-likeness (QED) is 0.843. The Morgan fingerprint density at radius 1 is 1.35 bits per heavy atom. The van der Waals surface area contributed by atoms with E-state index in [0.717, 1.165) is 30.4 Å². The molecule has 0 saturated carbocycles. The Morgan fingerprint density at radius 2 is 2.04 bits per heavy atom. The lowest BCUT2D eigenvalue weighted by molar-refractivity contribution is -0.132. The number of carbonyl (C=O) groups excluding carboxylic acids is 1. The highest BCUT2D eigenvalue weighted by Crippen LogP contribution is 2.15. The third-order valence-electron chi connectivity index (χ3n) is 3.94. The van der Waals surface area contributed by atoms with Crippen molar-refractivity contribution >= 4 is 15.9 Å². The standard InChI is InChI=1S/C16H24N2O4S/c1-22-15-8-5-13(6-9-15)7-10-16(19)18-11-3-4-14(12-18)17-23(2,20)21/h5-6,8-9,14,17H,3-4,7,10-12H2,1-2H3/t14-/m1/s1. The van der Waals surface area contributed by atoms with Crippen LogP contribution in [0.25, 0.3) is 0 Å². The molecule has 1 N–H and O–H groups in total. The van der Waals surface area contributed by atoms with Crippen LogP contribution in [-0.4, -0.2) is 51.7 Å². The first-order valence-electron chi connectivity index (χ1n) is 7.75. The van der Waals surface area contributed by atoms with E-state index in [1.165, 1.54) is 0 Å². The molecule has 7 heteroatoms. The minimum absolute atomic E-state index is 0.0702. The Balaban J connectivity index is 1.84. The highest BCUT2D eigenvalue weighted by atomic mass is 32.2. The molecule has 0 aliphatic carbocycles. The van der Waals surface area contributed by atoms with Crippen LogP contribution in [-0.2, 0) is 21.2 Å². The second-order valence-electron chi connectivity index (χ2n) is 5.92. The summed E-state index contributed by atoms with van der Waals surface area (Å²) in [6.07, 6.45) is 3.84. The lowest BCUT2D eigenvalue weighted by Crippen LogP contribution is -2.49. The molecule has 1 fully saturated rings.